The van der Waals surface area contributed by atoms with E-state index in [0.29, 0.717) is 18.3 Å². The molecule has 1 N–H and O–H groups in total. The smallest absolute Gasteiger partial charge is 0.322 e. The fraction of sp³-hybridized carbons (Fsp3) is 0.346. The molecule has 2 aromatic carbocycles. The van der Waals surface area contributed by atoms with Crippen molar-refractivity contribution in [2.24, 2.45) is 0 Å². The maximum Gasteiger partial charge on any atom is 0.322 e. The molecule has 4 rings (SSSR count). The monoisotopic (exact) mass is 430 g/mol. The Balaban J connectivity index is 1.77. The third kappa shape index (κ3) is 4.17. The number of aryl methyl sites for hydroxylation is 2. The molecule has 0 spiro atoms. The predicted octanol–water partition coefficient (Wildman–Crippen LogP) is 5.77. The van der Waals surface area contributed by atoms with E-state index in [1.165, 1.54) is 11.1 Å². The molecule has 1 atom stereocenters. The third-order valence-electron chi connectivity index (χ3n) is 6.04. The van der Waals surface area contributed by atoms with Gasteiger partial charge in [0.25, 0.3) is 5.89 Å². The van der Waals surface area contributed by atoms with E-state index in [2.05, 4.69) is 67.6 Å². The minimum Gasteiger partial charge on any atom is -0.334 e. The fourth-order valence-electron chi connectivity index (χ4n) is 4.09. The number of nitrogens with zero attached hydrogens (tertiary/aromatic N) is 3. The van der Waals surface area contributed by atoms with Crippen LogP contribution in [0.25, 0.3) is 17.0 Å². The van der Waals surface area contributed by atoms with E-state index in [4.69, 9.17) is 9.51 Å². The molecule has 1 aromatic heterocycles. The van der Waals surface area contributed by atoms with Crippen molar-refractivity contribution in [2.75, 3.05) is 6.54 Å². The van der Waals surface area contributed by atoms with Crippen molar-refractivity contribution in [1.82, 2.24) is 20.4 Å². The molecule has 6 nitrogen and oxygen atoms in total. The molecule has 3 aromatic rings. The number of aromatic nitrogens is 2. The number of nitrogens with one attached hydrogen (secondary N) is 1. The van der Waals surface area contributed by atoms with Gasteiger partial charge in [0.1, 0.15) is 0 Å². The van der Waals surface area contributed by atoms with E-state index in [0.717, 1.165) is 41.7 Å². The predicted molar refractivity (Wildman–Crippen MR) is 126 cm³/mol. The van der Waals surface area contributed by atoms with E-state index in [-0.39, 0.29) is 12.1 Å². The number of hydrogen-bond donors (Lipinski definition) is 1. The van der Waals surface area contributed by atoms with Crippen molar-refractivity contribution < 1.29 is 9.32 Å². The number of rotatable bonds is 7. The van der Waals surface area contributed by atoms with Crippen LogP contribution in [0.4, 0.5) is 4.79 Å². The van der Waals surface area contributed by atoms with Crippen LogP contribution in [0.3, 0.4) is 0 Å². The van der Waals surface area contributed by atoms with Crippen molar-refractivity contribution in [2.45, 2.75) is 53.0 Å². The van der Waals surface area contributed by atoms with Gasteiger partial charge in [0, 0.05) is 17.8 Å². The molecule has 166 valence electrons. The largest absolute Gasteiger partial charge is 0.334 e. The second-order valence-corrected chi connectivity index (χ2v) is 8.10. The highest BCUT2D eigenvalue weighted by Gasteiger charge is 2.35. The summed E-state index contributed by atoms with van der Waals surface area (Å²) in [6.07, 6.45) is 2.80. The first kappa shape index (κ1) is 21.8. The molecule has 1 unspecified atom stereocenters. The molecule has 6 heteroatoms. The minimum absolute atomic E-state index is 0.104. The van der Waals surface area contributed by atoms with Gasteiger partial charge in [-0.1, -0.05) is 74.5 Å². The second-order valence-electron chi connectivity index (χ2n) is 8.10. The summed E-state index contributed by atoms with van der Waals surface area (Å²) in [4.78, 5) is 19.4. The van der Waals surface area contributed by atoms with E-state index in [1.54, 1.807) is 4.90 Å². The first-order chi connectivity index (χ1) is 15.5. The maximum atomic E-state index is 12.9. The molecule has 0 radical (unpaired) electrons. The first-order valence-corrected chi connectivity index (χ1v) is 11.4. The minimum atomic E-state index is -0.350. The van der Waals surface area contributed by atoms with Crippen LogP contribution in [0.2, 0.25) is 0 Å². The molecular weight excluding hydrogens is 400 g/mol. The normalized spacial score (nSPS) is 16.4. The second kappa shape index (κ2) is 9.39. The summed E-state index contributed by atoms with van der Waals surface area (Å²) in [7, 11) is 0. The van der Waals surface area contributed by atoms with Crippen LogP contribution in [0.1, 0.15) is 62.7 Å². The van der Waals surface area contributed by atoms with Gasteiger partial charge in [-0.25, -0.2) is 4.79 Å². The Morgan fingerprint density at radius 2 is 1.59 bits per heavy atom. The molecule has 1 aliphatic heterocycles. The molecule has 2 heterocycles. The molecule has 0 fully saturated rings. The van der Waals surface area contributed by atoms with Gasteiger partial charge in [-0.2, -0.15) is 4.98 Å². The number of carbonyl (C=O) groups excluding carboxylic acids is 1. The number of allylic oxidation sites excluding steroid dienone is 1. The highest BCUT2D eigenvalue weighted by molar-refractivity contribution is 5.86. The lowest BCUT2D eigenvalue weighted by Crippen LogP contribution is -2.46. The van der Waals surface area contributed by atoms with Crippen LogP contribution >= 0.6 is 0 Å². The lowest BCUT2D eigenvalue weighted by atomic mass is 9.93. The van der Waals surface area contributed by atoms with Gasteiger partial charge < -0.3 is 9.84 Å². The van der Waals surface area contributed by atoms with Crippen molar-refractivity contribution >= 4 is 11.6 Å². The summed E-state index contributed by atoms with van der Waals surface area (Å²) < 4.78 is 5.75. The molecule has 0 saturated heterocycles. The van der Waals surface area contributed by atoms with Crippen LogP contribution in [-0.4, -0.2) is 27.6 Å². The molecule has 2 amide bonds. The molecule has 1 aliphatic rings. The van der Waals surface area contributed by atoms with Crippen LogP contribution in [0, 0.1) is 0 Å². The average Bonchev–Trinajstić information content (AvgIpc) is 3.31. The Morgan fingerprint density at radius 3 is 2.19 bits per heavy atom. The van der Waals surface area contributed by atoms with Gasteiger partial charge >= 0.3 is 6.03 Å². The molecule has 32 heavy (non-hydrogen) atoms. The van der Waals surface area contributed by atoms with Crippen LogP contribution in [0.5, 0.6) is 0 Å². The number of urea groups is 1. The van der Waals surface area contributed by atoms with E-state index in [1.807, 2.05) is 19.1 Å². The summed E-state index contributed by atoms with van der Waals surface area (Å²) in [5.74, 6) is 0.977. The summed E-state index contributed by atoms with van der Waals surface area (Å²) >= 11 is 0. The van der Waals surface area contributed by atoms with Crippen LogP contribution < -0.4 is 5.32 Å². The number of carbonyl (C=O) groups is 1. The Kier molecular flexibility index (Phi) is 6.40. The topological polar surface area (TPSA) is 71.3 Å². The average molecular weight is 431 g/mol. The number of benzene rings is 2. The highest BCUT2D eigenvalue weighted by Crippen LogP contribution is 2.37. The van der Waals surface area contributed by atoms with Crippen molar-refractivity contribution in [1.29, 1.82) is 0 Å². The van der Waals surface area contributed by atoms with E-state index in [9.17, 15) is 4.79 Å². The van der Waals surface area contributed by atoms with Crippen molar-refractivity contribution in [3.05, 3.63) is 76.8 Å². The van der Waals surface area contributed by atoms with Gasteiger partial charge in [-0.05, 0) is 42.9 Å². The van der Waals surface area contributed by atoms with Crippen LogP contribution in [0.15, 0.2) is 58.8 Å². The summed E-state index contributed by atoms with van der Waals surface area (Å²) in [5.41, 5.74) is 6.10. The van der Waals surface area contributed by atoms with E-state index < -0.39 is 0 Å². The Bertz CT molecular complexity index is 1110. The van der Waals surface area contributed by atoms with Crippen molar-refractivity contribution in [3.63, 3.8) is 0 Å². The third-order valence-corrected chi connectivity index (χ3v) is 6.04. The number of amides is 2. The van der Waals surface area contributed by atoms with E-state index >= 15 is 0 Å². The summed E-state index contributed by atoms with van der Waals surface area (Å²) in [6, 6.07) is 16.1. The molecule has 0 saturated carbocycles. The fourth-order valence-corrected chi connectivity index (χ4v) is 4.09. The molecule has 0 aliphatic carbocycles. The Labute approximate surface area is 189 Å². The van der Waals surface area contributed by atoms with Gasteiger partial charge in [-0.15, -0.1) is 0 Å². The van der Waals surface area contributed by atoms with Crippen molar-refractivity contribution in [3.8, 4) is 11.4 Å². The maximum absolute atomic E-state index is 12.9. The lowest BCUT2D eigenvalue weighted by Gasteiger charge is -2.35. The summed E-state index contributed by atoms with van der Waals surface area (Å²) in [5, 5.41) is 7.40. The SMILES string of the molecule is CCCN1C(=O)NC(c2ccc(CC)cc2)C(c2nc(-c3ccc(CC)cc3)no2)=C1C. The van der Waals surface area contributed by atoms with Gasteiger partial charge in [0.2, 0.25) is 5.82 Å². The summed E-state index contributed by atoms with van der Waals surface area (Å²) in [6.45, 7) is 8.89. The Morgan fingerprint density at radius 1 is 0.969 bits per heavy atom. The zero-order valence-electron chi connectivity index (χ0n) is 19.2. The quantitative estimate of drug-likeness (QED) is 0.517. The lowest BCUT2D eigenvalue weighted by molar-refractivity contribution is 0.205. The Hall–Kier alpha value is -3.41. The number of hydrogen-bond acceptors (Lipinski definition) is 4. The van der Waals surface area contributed by atoms with Crippen LogP contribution in [-0.2, 0) is 12.8 Å². The zero-order chi connectivity index (χ0) is 22.7. The van der Waals surface area contributed by atoms with Gasteiger partial charge in [-0.3, -0.25) is 4.90 Å². The molecular formula is C26H30N4O2. The first-order valence-electron chi connectivity index (χ1n) is 11.4. The van der Waals surface area contributed by atoms with Gasteiger partial charge in [0.15, 0.2) is 0 Å². The standard InChI is InChI=1S/C26H30N4O2/c1-5-16-30-17(4)22(23(27-26(30)31)20-12-8-18(6-2)9-13-20)25-28-24(29-32-25)21-14-10-19(7-3)11-15-21/h8-15,23H,5-7,16H2,1-4H3,(H,27,31). The van der Waals surface area contributed by atoms with Gasteiger partial charge in [0.05, 0.1) is 11.6 Å². The molecule has 0 bridgehead atoms. The highest BCUT2D eigenvalue weighted by atomic mass is 16.5. The zero-order valence-corrected chi connectivity index (χ0v) is 19.2.